The van der Waals surface area contributed by atoms with Crippen LogP contribution < -0.4 is 0 Å². The van der Waals surface area contributed by atoms with Crippen molar-refractivity contribution in [1.82, 2.24) is 9.55 Å². The number of halogens is 3. The fourth-order valence-electron chi connectivity index (χ4n) is 2.06. The highest BCUT2D eigenvalue weighted by atomic mass is 35.5. The summed E-state index contributed by atoms with van der Waals surface area (Å²) in [5, 5.41) is 0.814. The van der Waals surface area contributed by atoms with E-state index in [1.807, 2.05) is 31.4 Å². The highest BCUT2D eigenvalue weighted by molar-refractivity contribution is 6.42. The zero-order valence-corrected chi connectivity index (χ0v) is 13.9. The van der Waals surface area contributed by atoms with E-state index in [1.54, 1.807) is 6.07 Å². The predicted molar refractivity (Wildman–Crippen MR) is 85.1 cm³/mol. The van der Waals surface area contributed by atoms with Crippen LogP contribution in [0.4, 0.5) is 0 Å². The van der Waals surface area contributed by atoms with Crippen molar-refractivity contribution in [3.63, 3.8) is 0 Å². The smallest absolute Gasteiger partial charge is 0.127 e. The molecule has 2 aromatic rings. The average molecular weight is 336 g/mol. The van der Waals surface area contributed by atoms with Gasteiger partial charge in [0.15, 0.2) is 0 Å². The van der Waals surface area contributed by atoms with Crippen LogP contribution in [0.15, 0.2) is 12.1 Å². The standard InChI is InChI=1S/C14H17Cl3N2O/c1-8(2)20-5-4-19-13-7-11(17)10(16)6-12(13)18-14(19)9(3)15/h6-9H,4-5H2,1-3H3. The molecule has 0 aliphatic carbocycles. The van der Waals surface area contributed by atoms with Crippen LogP contribution in [0.3, 0.4) is 0 Å². The maximum absolute atomic E-state index is 6.21. The van der Waals surface area contributed by atoms with Gasteiger partial charge in [-0.2, -0.15) is 0 Å². The molecular weight excluding hydrogens is 319 g/mol. The molecule has 20 heavy (non-hydrogen) atoms. The summed E-state index contributed by atoms with van der Waals surface area (Å²) in [6, 6.07) is 3.59. The van der Waals surface area contributed by atoms with Gasteiger partial charge in [0, 0.05) is 6.54 Å². The Bertz CT molecular complexity index is 608. The Hall–Kier alpha value is -0.480. The van der Waals surface area contributed by atoms with Crippen molar-refractivity contribution in [3.8, 4) is 0 Å². The predicted octanol–water partition coefficient (Wildman–Crippen LogP) is 5.07. The molecule has 0 amide bonds. The van der Waals surface area contributed by atoms with Gasteiger partial charge in [-0.25, -0.2) is 4.98 Å². The molecule has 1 heterocycles. The van der Waals surface area contributed by atoms with Gasteiger partial charge < -0.3 is 9.30 Å². The van der Waals surface area contributed by atoms with Gasteiger partial charge in [0.2, 0.25) is 0 Å². The SMILES string of the molecule is CC(C)OCCn1c(C(C)Cl)nc2cc(Cl)c(Cl)cc21. The Morgan fingerprint density at radius 2 is 1.85 bits per heavy atom. The summed E-state index contributed by atoms with van der Waals surface area (Å²) in [6.45, 7) is 7.19. The Morgan fingerprint density at radius 3 is 2.45 bits per heavy atom. The van der Waals surface area contributed by atoms with Crippen molar-refractivity contribution in [2.75, 3.05) is 6.61 Å². The second-order valence-corrected chi connectivity index (χ2v) is 6.38. The molecule has 0 saturated heterocycles. The van der Waals surface area contributed by atoms with Crippen molar-refractivity contribution in [1.29, 1.82) is 0 Å². The molecule has 1 unspecified atom stereocenters. The second kappa shape index (κ2) is 6.52. The minimum Gasteiger partial charge on any atom is -0.377 e. The van der Waals surface area contributed by atoms with E-state index in [0.29, 0.717) is 23.2 Å². The minimum atomic E-state index is -0.195. The Morgan fingerprint density at radius 1 is 1.20 bits per heavy atom. The van der Waals surface area contributed by atoms with Crippen molar-refractivity contribution < 1.29 is 4.74 Å². The molecule has 0 radical (unpaired) electrons. The van der Waals surface area contributed by atoms with Gasteiger partial charge in [0.05, 0.1) is 39.2 Å². The van der Waals surface area contributed by atoms with Gasteiger partial charge in [-0.3, -0.25) is 0 Å². The summed E-state index contributed by atoms with van der Waals surface area (Å²) in [6.07, 6.45) is 0.194. The Balaban J connectivity index is 2.42. The number of imidazole rings is 1. The minimum absolute atomic E-state index is 0.194. The molecule has 2 rings (SSSR count). The second-order valence-electron chi connectivity index (χ2n) is 4.91. The van der Waals surface area contributed by atoms with E-state index in [2.05, 4.69) is 4.98 Å². The maximum atomic E-state index is 6.21. The van der Waals surface area contributed by atoms with Gasteiger partial charge in [-0.15, -0.1) is 11.6 Å². The van der Waals surface area contributed by atoms with E-state index >= 15 is 0 Å². The summed E-state index contributed by atoms with van der Waals surface area (Å²) < 4.78 is 7.64. The number of alkyl halides is 1. The third-order valence-electron chi connectivity index (χ3n) is 2.94. The van der Waals surface area contributed by atoms with Crippen LogP contribution in [0.25, 0.3) is 11.0 Å². The molecule has 0 spiro atoms. The maximum Gasteiger partial charge on any atom is 0.127 e. The first kappa shape index (κ1) is 15.9. The summed E-state index contributed by atoms with van der Waals surface area (Å²) in [5.41, 5.74) is 1.72. The van der Waals surface area contributed by atoms with E-state index < -0.39 is 0 Å². The molecule has 6 heteroatoms. The highest BCUT2D eigenvalue weighted by Crippen LogP contribution is 2.31. The number of benzene rings is 1. The largest absolute Gasteiger partial charge is 0.377 e. The van der Waals surface area contributed by atoms with Crippen molar-refractivity contribution in [2.24, 2.45) is 0 Å². The first-order chi connectivity index (χ1) is 9.40. The molecule has 1 aromatic carbocycles. The molecular formula is C14H17Cl3N2O. The lowest BCUT2D eigenvalue weighted by Crippen LogP contribution is -2.13. The highest BCUT2D eigenvalue weighted by Gasteiger charge is 2.16. The van der Waals surface area contributed by atoms with Gasteiger partial charge in [-0.1, -0.05) is 23.2 Å². The summed E-state index contributed by atoms with van der Waals surface area (Å²) in [4.78, 5) is 4.54. The zero-order chi connectivity index (χ0) is 14.9. The lowest BCUT2D eigenvalue weighted by molar-refractivity contribution is 0.0729. The fraction of sp³-hybridized carbons (Fsp3) is 0.500. The number of rotatable bonds is 5. The van der Waals surface area contributed by atoms with Crippen molar-refractivity contribution >= 4 is 45.8 Å². The molecule has 3 nitrogen and oxygen atoms in total. The number of ether oxygens (including phenoxy) is 1. The molecule has 0 aliphatic heterocycles. The van der Waals surface area contributed by atoms with E-state index in [1.165, 1.54) is 0 Å². The Kier molecular flexibility index (Phi) is 5.19. The van der Waals surface area contributed by atoms with E-state index in [-0.39, 0.29) is 11.5 Å². The number of hydrogen-bond acceptors (Lipinski definition) is 2. The lowest BCUT2D eigenvalue weighted by atomic mass is 10.3. The van der Waals surface area contributed by atoms with Crippen LogP contribution in [0.2, 0.25) is 10.0 Å². The molecule has 1 atom stereocenters. The molecule has 0 fully saturated rings. The number of fused-ring (bicyclic) bond motifs is 1. The monoisotopic (exact) mass is 334 g/mol. The first-order valence-corrected chi connectivity index (χ1v) is 7.70. The van der Waals surface area contributed by atoms with Gasteiger partial charge in [0.25, 0.3) is 0 Å². The molecule has 0 aliphatic rings. The summed E-state index contributed by atoms with van der Waals surface area (Å²) in [7, 11) is 0. The van der Waals surface area contributed by atoms with Gasteiger partial charge in [0.1, 0.15) is 5.82 Å². The van der Waals surface area contributed by atoms with Crippen LogP contribution in [-0.2, 0) is 11.3 Å². The topological polar surface area (TPSA) is 27.1 Å². The van der Waals surface area contributed by atoms with Crippen LogP contribution in [0.5, 0.6) is 0 Å². The number of aromatic nitrogens is 2. The molecule has 0 saturated carbocycles. The normalized spacial score (nSPS) is 13.3. The first-order valence-electron chi connectivity index (χ1n) is 6.51. The quantitative estimate of drug-likeness (QED) is 0.713. The van der Waals surface area contributed by atoms with Crippen LogP contribution in [-0.4, -0.2) is 22.3 Å². The van der Waals surface area contributed by atoms with Crippen molar-refractivity contribution in [2.45, 2.75) is 38.8 Å². The molecule has 0 bridgehead atoms. The Labute approximate surface area is 133 Å². The summed E-state index contributed by atoms with van der Waals surface area (Å²) in [5.74, 6) is 0.798. The average Bonchev–Trinajstić information content (AvgIpc) is 2.68. The van der Waals surface area contributed by atoms with E-state index in [4.69, 9.17) is 39.5 Å². The molecule has 110 valence electrons. The number of hydrogen-bond donors (Lipinski definition) is 0. The van der Waals surface area contributed by atoms with Gasteiger partial charge in [-0.05, 0) is 32.9 Å². The lowest BCUT2D eigenvalue weighted by Gasteiger charge is -2.12. The van der Waals surface area contributed by atoms with Crippen LogP contribution in [0.1, 0.15) is 32.0 Å². The third-order valence-corrected chi connectivity index (χ3v) is 3.86. The van der Waals surface area contributed by atoms with Crippen LogP contribution >= 0.6 is 34.8 Å². The van der Waals surface area contributed by atoms with Crippen LogP contribution in [0, 0.1) is 0 Å². The number of nitrogens with zero attached hydrogens (tertiary/aromatic N) is 2. The van der Waals surface area contributed by atoms with E-state index in [0.717, 1.165) is 16.9 Å². The van der Waals surface area contributed by atoms with E-state index in [9.17, 15) is 0 Å². The van der Waals surface area contributed by atoms with Crippen molar-refractivity contribution in [3.05, 3.63) is 28.0 Å². The molecule has 0 N–H and O–H groups in total. The fourth-order valence-corrected chi connectivity index (χ4v) is 2.54. The zero-order valence-electron chi connectivity index (χ0n) is 11.7. The summed E-state index contributed by atoms with van der Waals surface area (Å²) >= 11 is 18.3. The molecule has 1 aromatic heterocycles. The van der Waals surface area contributed by atoms with Gasteiger partial charge >= 0.3 is 0 Å². The third kappa shape index (κ3) is 3.40.